The molecule has 0 aromatic heterocycles. The lowest BCUT2D eigenvalue weighted by Gasteiger charge is -2.19. The van der Waals surface area contributed by atoms with E-state index in [1.807, 2.05) is 0 Å². The minimum absolute atomic E-state index is 0.111. The standard InChI is InChI=1S/C11H15ClN4O2/c1-6-4-7(8(12)5-9(6)13)11(18)10(17)2-3-15-16-14/h4-5,10-11,17-18H,2-3,13H2,1H3. The van der Waals surface area contributed by atoms with E-state index in [0.717, 1.165) is 5.56 Å². The summed E-state index contributed by atoms with van der Waals surface area (Å²) >= 11 is 5.97. The molecule has 0 bridgehead atoms. The number of anilines is 1. The SMILES string of the molecule is Cc1cc(C(O)C(O)CCN=[N+]=[N-])c(Cl)cc1N. The highest BCUT2D eigenvalue weighted by Gasteiger charge is 2.21. The second-order valence-electron chi connectivity index (χ2n) is 3.99. The minimum Gasteiger partial charge on any atom is -0.398 e. The maximum atomic E-state index is 9.97. The van der Waals surface area contributed by atoms with Gasteiger partial charge in [0.05, 0.1) is 6.10 Å². The molecule has 0 aliphatic rings. The molecule has 7 heteroatoms. The van der Waals surface area contributed by atoms with E-state index in [1.54, 1.807) is 13.0 Å². The number of nitrogen functional groups attached to an aromatic ring is 1. The van der Waals surface area contributed by atoms with E-state index >= 15 is 0 Å². The van der Waals surface area contributed by atoms with Gasteiger partial charge in [-0.3, -0.25) is 0 Å². The quantitative estimate of drug-likeness (QED) is 0.330. The van der Waals surface area contributed by atoms with E-state index in [4.69, 9.17) is 22.9 Å². The third-order valence-corrected chi connectivity index (χ3v) is 2.98. The van der Waals surface area contributed by atoms with Crippen LogP contribution in [0.4, 0.5) is 5.69 Å². The molecule has 0 spiro atoms. The summed E-state index contributed by atoms with van der Waals surface area (Å²) in [5.74, 6) is 0. The zero-order chi connectivity index (χ0) is 13.7. The molecule has 0 aliphatic heterocycles. The summed E-state index contributed by atoms with van der Waals surface area (Å²) in [5.41, 5.74) is 15.5. The first-order chi connectivity index (χ1) is 8.47. The van der Waals surface area contributed by atoms with Crippen molar-refractivity contribution in [1.29, 1.82) is 0 Å². The van der Waals surface area contributed by atoms with Crippen molar-refractivity contribution in [2.45, 2.75) is 25.6 Å². The summed E-state index contributed by atoms with van der Waals surface area (Å²) in [7, 11) is 0. The van der Waals surface area contributed by atoms with Gasteiger partial charge in [0.1, 0.15) is 6.10 Å². The maximum absolute atomic E-state index is 9.97. The molecule has 1 rings (SSSR count). The average Bonchev–Trinajstić information content (AvgIpc) is 2.33. The van der Waals surface area contributed by atoms with Gasteiger partial charge in [0.15, 0.2) is 0 Å². The second-order valence-corrected chi connectivity index (χ2v) is 4.39. The van der Waals surface area contributed by atoms with Crippen molar-refractivity contribution in [2.24, 2.45) is 5.11 Å². The smallest absolute Gasteiger partial charge is 0.106 e. The summed E-state index contributed by atoms with van der Waals surface area (Å²) in [6.07, 6.45) is -2.02. The normalized spacial score (nSPS) is 13.8. The zero-order valence-electron chi connectivity index (χ0n) is 9.91. The van der Waals surface area contributed by atoms with Gasteiger partial charge < -0.3 is 15.9 Å². The van der Waals surface area contributed by atoms with Crippen LogP contribution >= 0.6 is 11.6 Å². The lowest BCUT2D eigenvalue weighted by atomic mass is 9.99. The largest absolute Gasteiger partial charge is 0.398 e. The molecule has 18 heavy (non-hydrogen) atoms. The van der Waals surface area contributed by atoms with E-state index in [2.05, 4.69) is 10.0 Å². The Hall–Kier alpha value is -1.46. The summed E-state index contributed by atoms with van der Waals surface area (Å²) < 4.78 is 0. The molecule has 0 fully saturated rings. The van der Waals surface area contributed by atoms with Crippen molar-refractivity contribution in [3.8, 4) is 0 Å². The van der Waals surface area contributed by atoms with Crippen LogP contribution in [0.1, 0.15) is 23.7 Å². The Morgan fingerprint density at radius 3 is 2.78 bits per heavy atom. The predicted molar refractivity (Wildman–Crippen MR) is 70.2 cm³/mol. The van der Waals surface area contributed by atoms with Gasteiger partial charge in [-0.25, -0.2) is 0 Å². The molecule has 0 saturated carbocycles. The molecular weight excluding hydrogens is 256 g/mol. The van der Waals surface area contributed by atoms with Gasteiger partial charge in [0.25, 0.3) is 0 Å². The van der Waals surface area contributed by atoms with Gasteiger partial charge >= 0.3 is 0 Å². The molecule has 0 aliphatic carbocycles. The summed E-state index contributed by atoms with van der Waals surface area (Å²) in [4.78, 5) is 2.57. The van der Waals surface area contributed by atoms with Crippen LogP contribution in [0.3, 0.4) is 0 Å². The highest BCUT2D eigenvalue weighted by atomic mass is 35.5. The molecule has 0 saturated heterocycles. The number of aryl methyl sites for hydroxylation is 1. The number of benzene rings is 1. The number of hydrogen-bond donors (Lipinski definition) is 3. The van der Waals surface area contributed by atoms with Gasteiger partial charge in [-0.2, -0.15) is 0 Å². The van der Waals surface area contributed by atoms with Gasteiger partial charge in [0.2, 0.25) is 0 Å². The highest BCUT2D eigenvalue weighted by Crippen LogP contribution is 2.30. The number of nitrogens with two attached hydrogens (primary N) is 1. The first kappa shape index (κ1) is 14.6. The molecule has 0 heterocycles. The fraction of sp³-hybridized carbons (Fsp3) is 0.455. The number of halogens is 1. The molecule has 98 valence electrons. The predicted octanol–water partition coefficient (Wildman–Crippen LogP) is 2.33. The van der Waals surface area contributed by atoms with Crippen molar-refractivity contribution in [2.75, 3.05) is 12.3 Å². The fourth-order valence-electron chi connectivity index (χ4n) is 1.55. The van der Waals surface area contributed by atoms with Crippen molar-refractivity contribution in [1.82, 2.24) is 0 Å². The molecule has 1 aromatic carbocycles. The van der Waals surface area contributed by atoms with Crippen molar-refractivity contribution < 1.29 is 10.2 Å². The van der Waals surface area contributed by atoms with E-state index in [-0.39, 0.29) is 13.0 Å². The van der Waals surface area contributed by atoms with Crippen LogP contribution in [0.5, 0.6) is 0 Å². The Morgan fingerprint density at radius 1 is 1.50 bits per heavy atom. The van der Waals surface area contributed by atoms with Crippen LogP contribution in [-0.2, 0) is 0 Å². The van der Waals surface area contributed by atoms with Crippen LogP contribution in [0, 0.1) is 6.92 Å². The minimum atomic E-state index is -1.13. The maximum Gasteiger partial charge on any atom is 0.106 e. The third-order valence-electron chi connectivity index (χ3n) is 2.66. The molecule has 2 unspecified atom stereocenters. The van der Waals surface area contributed by atoms with Gasteiger partial charge in [-0.1, -0.05) is 16.7 Å². The van der Waals surface area contributed by atoms with Crippen LogP contribution in [-0.4, -0.2) is 22.9 Å². The zero-order valence-corrected chi connectivity index (χ0v) is 10.7. The molecule has 4 N–H and O–H groups in total. The number of aliphatic hydroxyl groups is 2. The van der Waals surface area contributed by atoms with Crippen molar-refractivity contribution in [3.05, 3.63) is 38.7 Å². The highest BCUT2D eigenvalue weighted by molar-refractivity contribution is 6.31. The van der Waals surface area contributed by atoms with Crippen LogP contribution in [0.15, 0.2) is 17.2 Å². The molecule has 0 radical (unpaired) electrons. The topological polar surface area (TPSA) is 115 Å². The van der Waals surface area contributed by atoms with Gasteiger partial charge in [-0.15, -0.1) is 0 Å². The van der Waals surface area contributed by atoms with Gasteiger partial charge in [-0.05, 0) is 36.6 Å². The fourth-order valence-corrected chi connectivity index (χ4v) is 1.83. The van der Waals surface area contributed by atoms with E-state index in [0.29, 0.717) is 16.3 Å². The summed E-state index contributed by atoms with van der Waals surface area (Å²) in [6, 6.07) is 3.18. The first-order valence-electron chi connectivity index (χ1n) is 5.40. The van der Waals surface area contributed by atoms with E-state index in [9.17, 15) is 10.2 Å². The van der Waals surface area contributed by atoms with Gasteiger partial charge in [0, 0.05) is 27.7 Å². The van der Waals surface area contributed by atoms with Crippen LogP contribution in [0.25, 0.3) is 10.4 Å². The Balaban J connectivity index is 2.85. The molecule has 6 nitrogen and oxygen atoms in total. The Bertz CT molecular complexity index is 474. The Morgan fingerprint density at radius 2 is 2.17 bits per heavy atom. The number of rotatable bonds is 5. The van der Waals surface area contributed by atoms with E-state index in [1.165, 1.54) is 6.07 Å². The Kier molecular flexibility index (Phi) is 5.25. The summed E-state index contributed by atoms with van der Waals surface area (Å²) in [6.45, 7) is 1.90. The third kappa shape index (κ3) is 3.51. The number of nitrogens with zero attached hydrogens (tertiary/aromatic N) is 3. The van der Waals surface area contributed by atoms with Crippen molar-refractivity contribution >= 4 is 17.3 Å². The lowest BCUT2D eigenvalue weighted by molar-refractivity contribution is 0.0151. The van der Waals surface area contributed by atoms with E-state index < -0.39 is 12.2 Å². The average molecular weight is 271 g/mol. The van der Waals surface area contributed by atoms with Crippen LogP contribution < -0.4 is 5.73 Å². The monoisotopic (exact) mass is 270 g/mol. The number of azide groups is 1. The summed E-state index contributed by atoms with van der Waals surface area (Å²) in [5, 5.41) is 23.3. The number of aliphatic hydroxyl groups excluding tert-OH is 2. The van der Waals surface area contributed by atoms with Crippen LogP contribution in [0.2, 0.25) is 5.02 Å². The first-order valence-corrected chi connectivity index (χ1v) is 5.77. The van der Waals surface area contributed by atoms with Crippen molar-refractivity contribution in [3.63, 3.8) is 0 Å². The number of hydrogen-bond acceptors (Lipinski definition) is 4. The molecule has 0 amide bonds. The molecular formula is C11H15ClN4O2. The molecule has 2 atom stereocenters. The molecule has 1 aromatic rings. The second kappa shape index (κ2) is 6.47. The Labute approximate surface area is 110 Å². The lowest BCUT2D eigenvalue weighted by Crippen LogP contribution is -2.19.